The van der Waals surface area contributed by atoms with Gasteiger partial charge in [-0.2, -0.15) is 5.26 Å². The Morgan fingerprint density at radius 3 is 2.59 bits per heavy atom. The summed E-state index contributed by atoms with van der Waals surface area (Å²) in [5.41, 5.74) is 1.16. The van der Waals surface area contributed by atoms with Crippen LogP contribution in [0.2, 0.25) is 5.02 Å². The summed E-state index contributed by atoms with van der Waals surface area (Å²) >= 11 is 6.34. The van der Waals surface area contributed by atoms with Gasteiger partial charge in [-0.15, -0.1) is 0 Å². The lowest BCUT2D eigenvalue weighted by atomic mass is 10.1. The van der Waals surface area contributed by atoms with Crippen molar-refractivity contribution in [2.75, 3.05) is 19.0 Å². The topological polar surface area (TPSA) is 98.3 Å². The molecule has 0 saturated heterocycles. The number of anilines is 1. The van der Waals surface area contributed by atoms with E-state index in [1.807, 2.05) is 31.2 Å². The van der Waals surface area contributed by atoms with Gasteiger partial charge in [-0.05, 0) is 49.2 Å². The highest BCUT2D eigenvalue weighted by Gasteiger charge is 2.20. The normalized spacial score (nSPS) is 11.1. The number of ether oxygens (including phenoxy) is 2. The van der Waals surface area contributed by atoms with E-state index in [0.29, 0.717) is 40.1 Å². The Labute approximate surface area is 202 Å². The molecule has 176 valence electrons. The Balaban J connectivity index is 1.94. The van der Waals surface area contributed by atoms with Gasteiger partial charge in [-0.3, -0.25) is 14.3 Å². The molecule has 0 radical (unpaired) electrons. The summed E-state index contributed by atoms with van der Waals surface area (Å²) in [4.78, 5) is 26.0. The third kappa shape index (κ3) is 5.00. The van der Waals surface area contributed by atoms with E-state index < -0.39 is 11.5 Å². The number of nitriles is 1. The van der Waals surface area contributed by atoms with Gasteiger partial charge in [0.1, 0.15) is 17.3 Å². The van der Waals surface area contributed by atoms with Crippen LogP contribution in [0.3, 0.4) is 0 Å². The summed E-state index contributed by atoms with van der Waals surface area (Å²) in [5.74, 6) is 0.0666. The Kier molecular flexibility index (Phi) is 7.82. The summed E-state index contributed by atoms with van der Waals surface area (Å²) < 4.78 is 14.1. The Morgan fingerprint density at radius 1 is 1.26 bits per heavy atom. The number of methoxy groups -OCH3 is 1. The molecule has 0 atom stereocenters. The monoisotopic (exact) mass is 480 g/mol. The van der Waals surface area contributed by atoms with Gasteiger partial charge in [0.15, 0.2) is 11.5 Å². The highest BCUT2D eigenvalue weighted by molar-refractivity contribution is 6.32. The SMILES string of the molecule is CCCOc1c(Cl)cc(/C=C(\C#N)C(=O)Nc2c(C)n(C)n(-c3ccccc3)c2=O)cc1OC. The van der Waals surface area contributed by atoms with E-state index in [1.165, 1.54) is 17.9 Å². The molecule has 2 aromatic carbocycles. The second-order valence-corrected chi connectivity index (χ2v) is 7.85. The zero-order valence-corrected chi connectivity index (χ0v) is 20.1. The molecule has 1 N–H and O–H groups in total. The van der Waals surface area contributed by atoms with Crippen LogP contribution in [0.4, 0.5) is 5.69 Å². The molecule has 8 nitrogen and oxygen atoms in total. The van der Waals surface area contributed by atoms with Gasteiger partial charge in [-0.1, -0.05) is 36.7 Å². The molecule has 0 aliphatic carbocycles. The molecule has 0 saturated carbocycles. The number of benzene rings is 2. The summed E-state index contributed by atoms with van der Waals surface area (Å²) in [6.45, 7) is 4.15. The maximum Gasteiger partial charge on any atom is 0.295 e. The number of hydrogen-bond acceptors (Lipinski definition) is 5. The second-order valence-electron chi connectivity index (χ2n) is 7.44. The number of carbonyl (C=O) groups is 1. The zero-order chi connectivity index (χ0) is 24.8. The highest BCUT2D eigenvalue weighted by atomic mass is 35.5. The van der Waals surface area contributed by atoms with Gasteiger partial charge in [0, 0.05) is 7.05 Å². The molecule has 0 spiro atoms. The maximum atomic E-state index is 13.0. The van der Waals surface area contributed by atoms with Gasteiger partial charge < -0.3 is 14.8 Å². The number of nitrogens with one attached hydrogen (secondary N) is 1. The Bertz CT molecular complexity index is 1330. The minimum atomic E-state index is -0.713. The summed E-state index contributed by atoms with van der Waals surface area (Å²) in [5, 5.41) is 12.5. The second kappa shape index (κ2) is 10.8. The lowest BCUT2D eigenvalue weighted by Crippen LogP contribution is -2.23. The average Bonchev–Trinajstić information content (AvgIpc) is 3.04. The molecule has 0 fully saturated rings. The molecule has 9 heteroatoms. The van der Waals surface area contributed by atoms with E-state index in [2.05, 4.69) is 5.32 Å². The molecule has 0 bridgehead atoms. The molecule has 34 heavy (non-hydrogen) atoms. The van der Waals surface area contributed by atoms with Crippen molar-refractivity contribution in [3.8, 4) is 23.3 Å². The number of carbonyl (C=O) groups excluding carboxylic acids is 1. The first-order valence-electron chi connectivity index (χ1n) is 10.6. The lowest BCUT2D eigenvalue weighted by molar-refractivity contribution is -0.112. The number of para-hydroxylation sites is 1. The quantitative estimate of drug-likeness (QED) is 0.378. The number of nitrogens with zero attached hydrogens (tertiary/aromatic N) is 3. The van der Waals surface area contributed by atoms with Crippen molar-refractivity contribution in [1.29, 1.82) is 5.26 Å². The fourth-order valence-corrected chi connectivity index (χ4v) is 3.65. The molecule has 1 aromatic heterocycles. The Morgan fingerprint density at radius 2 is 1.97 bits per heavy atom. The van der Waals surface area contributed by atoms with Gasteiger partial charge in [0.05, 0.1) is 30.1 Å². The van der Waals surface area contributed by atoms with Crippen molar-refractivity contribution in [1.82, 2.24) is 9.36 Å². The smallest absolute Gasteiger partial charge is 0.295 e. The van der Waals surface area contributed by atoms with Gasteiger partial charge in [-0.25, -0.2) is 4.68 Å². The lowest BCUT2D eigenvalue weighted by Gasteiger charge is -2.13. The average molecular weight is 481 g/mol. The minimum absolute atomic E-state index is 0.0939. The number of rotatable bonds is 8. The van der Waals surface area contributed by atoms with Crippen LogP contribution in [0.5, 0.6) is 11.5 Å². The van der Waals surface area contributed by atoms with E-state index in [1.54, 1.807) is 42.9 Å². The fourth-order valence-electron chi connectivity index (χ4n) is 3.38. The zero-order valence-electron chi connectivity index (χ0n) is 19.4. The van der Waals surface area contributed by atoms with Crippen LogP contribution in [0.25, 0.3) is 11.8 Å². The summed E-state index contributed by atoms with van der Waals surface area (Å²) in [6, 6.07) is 14.1. The van der Waals surface area contributed by atoms with Crippen molar-refractivity contribution >= 4 is 29.3 Å². The van der Waals surface area contributed by atoms with Crippen LogP contribution in [-0.4, -0.2) is 29.0 Å². The highest BCUT2D eigenvalue weighted by Crippen LogP contribution is 2.37. The Hall–Kier alpha value is -3.96. The van der Waals surface area contributed by atoms with E-state index >= 15 is 0 Å². The molecule has 3 aromatic rings. The minimum Gasteiger partial charge on any atom is -0.493 e. The fraction of sp³-hybridized carbons (Fsp3) is 0.240. The van der Waals surface area contributed by atoms with E-state index in [9.17, 15) is 14.9 Å². The molecule has 0 aliphatic rings. The predicted octanol–water partition coefficient (Wildman–Crippen LogP) is 4.48. The summed E-state index contributed by atoms with van der Waals surface area (Å²) in [6.07, 6.45) is 2.17. The molecular weight excluding hydrogens is 456 g/mol. The standard InChI is InChI=1S/C25H25ClN4O4/c1-5-11-34-23-20(26)13-17(14-21(23)33-4)12-18(15-27)24(31)28-22-16(2)29(3)30(25(22)32)19-9-7-6-8-10-19/h6-10,12-14H,5,11H2,1-4H3,(H,28,31)/b18-12+. The maximum absolute atomic E-state index is 13.0. The number of halogens is 1. The first kappa shape index (κ1) is 24.7. The molecule has 1 heterocycles. The van der Waals surface area contributed by atoms with Crippen LogP contribution in [0.1, 0.15) is 24.6 Å². The van der Waals surface area contributed by atoms with Gasteiger partial charge in [0.25, 0.3) is 11.5 Å². The first-order valence-corrected chi connectivity index (χ1v) is 11.0. The van der Waals surface area contributed by atoms with Crippen molar-refractivity contribution in [2.24, 2.45) is 7.05 Å². The molecule has 1 amide bonds. The van der Waals surface area contributed by atoms with Gasteiger partial charge >= 0.3 is 0 Å². The third-order valence-corrected chi connectivity index (χ3v) is 5.45. The van der Waals surface area contributed by atoms with Crippen LogP contribution < -0.4 is 20.3 Å². The predicted molar refractivity (Wildman–Crippen MR) is 132 cm³/mol. The molecule has 0 unspecified atom stereocenters. The van der Waals surface area contributed by atoms with Crippen molar-refractivity contribution in [3.63, 3.8) is 0 Å². The van der Waals surface area contributed by atoms with Crippen molar-refractivity contribution in [3.05, 3.63) is 74.7 Å². The van der Waals surface area contributed by atoms with E-state index in [4.69, 9.17) is 21.1 Å². The first-order chi connectivity index (χ1) is 16.3. The van der Waals surface area contributed by atoms with Crippen LogP contribution >= 0.6 is 11.6 Å². The summed E-state index contributed by atoms with van der Waals surface area (Å²) in [7, 11) is 3.20. The van der Waals surface area contributed by atoms with Gasteiger partial charge in [0.2, 0.25) is 0 Å². The third-order valence-electron chi connectivity index (χ3n) is 5.17. The van der Waals surface area contributed by atoms with E-state index in [-0.39, 0.29) is 11.3 Å². The van der Waals surface area contributed by atoms with Crippen LogP contribution in [-0.2, 0) is 11.8 Å². The number of aromatic nitrogens is 2. The largest absolute Gasteiger partial charge is 0.493 e. The van der Waals surface area contributed by atoms with Crippen LogP contribution in [0, 0.1) is 18.3 Å². The number of amides is 1. The molecule has 0 aliphatic heterocycles. The molecule has 3 rings (SSSR count). The van der Waals surface area contributed by atoms with E-state index in [0.717, 1.165) is 6.42 Å². The molecular formula is C25H25ClN4O4. The van der Waals surface area contributed by atoms with Crippen molar-refractivity contribution < 1.29 is 14.3 Å². The van der Waals surface area contributed by atoms with Crippen molar-refractivity contribution in [2.45, 2.75) is 20.3 Å². The number of hydrogen-bond donors (Lipinski definition) is 1. The van der Waals surface area contributed by atoms with Crippen LogP contribution in [0.15, 0.2) is 52.8 Å².